The Hall–Kier alpha value is -2.08. The number of hydrogen-bond acceptors (Lipinski definition) is 8. The third-order valence-corrected chi connectivity index (χ3v) is 3.38. The van der Waals surface area contributed by atoms with Crippen molar-refractivity contribution in [2.45, 2.75) is 16.7 Å². The lowest BCUT2D eigenvalue weighted by molar-refractivity contribution is -0.388. The first-order chi connectivity index (χ1) is 9.47. The first kappa shape index (κ1) is 14.3. The molecule has 0 unspecified atom stereocenters. The molecule has 2 aromatic rings. The fourth-order valence-corrected chi connectivity index (χ4v) is 2.33. The Morgan fingerprint density at radius 3 is 3.00 bits per heavy atom. The van der Waals surface area contributed by atoms with E-state index in [0.717, 1.165) is 16.4 Å². The number of nitrogens with zero attached hydrogens (tertiary/aromatic N) is 6. The third-order valence-electron chi connectivity index (χ3n) is 1.97. The van der Waals surface area contributed by atoms with Gasteiger partial charge in [-0.2, -0.15) is 0 Å². The van der Waals surface area contributed by atoms with Crippen molar-refractivity contribution in [3.8, 4) is 0 Å². The molecule has 0 spiro atoms. The summed E-state index contributed by atoms with van der Waals surface area (Å²) in [6, 6.07) is 1.29. The summed E-state index contributed by atoms with van der Waals surface area (Å²) in [6.45, 7) is -0.445. The molecule has 0 aliphatic heterocycles. The largest absolute Gasteiger partial charge is 0.480 e. The van der Waals surface area contributed by atoms with Gasteiger partial charge in [-0.1, -0.05) is 0 Å². The van der Waals surface area contributed by atoms with Crippen LogP contribution >= 0.6 is 27.7 Å². The smallest absolute Gasteiger partial charge is 0.325 e. The highest BCUT2D eigenvalue weighted by atomic mass is 79.9. The number of pyridine rings is 1. The van der Waals surface area contributed by atoms with Crippen molar-refractivity contribution in [1.82, 2.24) is 25.2 Å². The maximum Gasteiger partial charge on any atom is 0.325 e. The highest BCUT2D eigenvalue weighted by Crippen LogP contribution is 2.32. The molecule has 2 aromatic heterocycles. The molecule has 20 heavy (non-hydrogen) atoms. The zero-order chi connectivity index (χ0) is 14.7. The SMILES string of the molecule is O=C(O)Cn1nnnc1Sc1ncc(Br)cc1[N+](=O)[O-]. The second kappa shape index (κ2) is 5.92. The Morgan fingerprint density at radius 2 is 2.35 bits per heavy atom. The fourth-order valence-electron chi connectivity index (χ4n) is 1.21. The van der Waals surface area contributed by atoms with Gasteiger partial charge in [0.25, 0.3) is 0 Å². The Bertz CT molecular complexity index is 677. The molecule has 0 aliphatic carbocycles. The van der Waals surface area contributed by atoms with E-state index in [1.54, 1.807) is 0 Å². The fraction of sp³-hybridized carbons (Fsp3) is 0.125. The van der Waals surface area contributed by atoms with Crippen LogP contribution in [-0.2, 0) is 11.3 Å². The maximum atomic E-state index is 10.9. The second-order valence-electron chi connectivity index (χ2n) is 3.35. The van der Waals surface area contributed by atoms with Crippen LogP contribution < -0.4 is 0 Å². The summed E-state index contributed by atoms with van der Waals surface area (Å²) in [5.41, 5.74) is -0.228. The minimum absolute atomic E-state index is 0.0691. The molecule has 2 heterocycles. The van der Waals surface area contributed by atoms with Crippen LogP contribution in [0.1, 0.15) is 0 Å². The van der Waals surface area contributed by atoms with Crippen molar-refractivity contribution >= 4 is 39.3 Å². The van der Waals surface area contributed by atoms with Gasteiger partial charge in [0.2, 0.25) is 5.16 Å². The van der Waals surface area contributed by atoms with Gasteiger partial charge >= 0.3 is 11.7 Å². The van der Waals surface area contributed by atoms with Crippen molar-refractivity contribution in [1.29, 1.82) is 0 Å². The number of rotatable bonds is 5. The first-order valence-electron chi connectivity index (χ1n) is 4.93. The molecule has 0 aliphatic rings. The monoisotopic (exact) mass is 360 g/mol. The molecule has 0 aromatic carbocycles. The number of aromatic nitrogens is 5. The quantitative estimate of drug-likeness (QED) is 0.610. The normalized spacial score (nSPS) is 10.4. The van der Waals surface area contributed by atoms with Crippen LogP contribution in [-0.4, -0.2) is 41.2 Å². The topological polar surface area (TPSA) is 137 Å². The Labute approximate surface area is 123 Å². The van der Waals surface area contributed by atoms with E-state index in [4.69, 9.17) is 5.11 Å². The molecule has 0 amide bonds. The Morgan fingerprint density at radius 1 is 1.60 bits per heavy atom. The standard InChI is InChI=1S/C8H5BrN6O4S/c9-4-1-5(15(18)19)7(10-2-4)20-8-11-12-13-14(8)3-6(16)17/h1-2H,3H2,(H,16,17). The molecule has 0 radical (unpaired) electrons. The molecule has 0 saturated carbocycles. The molecular formula is C8H5BrN6O4S. The van der Waals surface area contributed by atoms with E-state index in [0.29, 0.717) is 4.47 Å². The van der Waals surface area contributed by atoms with Crippen molar-refractivity contribution in [2.75, 3.05) is 0 Å². The van der Waals surface area contributed by atoms with Crippen LogP contribution in [0.25, 0.3) is 0 Å². The molecule has 12 heteroatoms. The zero-order valence-corrected chi connectivity index (χ0v) is 11.9. The summed E-state index contributed by atoms with van der Waals surface area (Å²) in [4.78, 5) is 24.9. The van der Waals surface area contributed by atoms with Crippen LogP contribution in [0.5, 0.6) is 0 Å². The predicted octanol–water partition coefficient (Wildman–Crippen LogP) is 0.975. The molecule has 1 N–H and O–H groups in total. The lowest BCUT2D eigenvalue weighted by atomic mass is 10.4. The van der Waals surface area contributed by atoms with Gasteiger partial charge in [0.15, 0.2) is 5.03 Å². The summed E-state index contributed by atoms with van der Waals surface area (Å²) >= 11 is 3.91. The van der Waals surface area contributed by atoms with E-state index >= 15 is 0 Å². The number of aliphatic carboxylic acids is 1. The van der Waals surface area contributed by atoms with E-state index < -0.39 is 17.4 Å². The Kier molecular flexibility index (Phi) is 4.24. The highest BCUT2D eigenvalue weighted by Gasteiger charge is 2.20. The highest BCUT2D eigenvalue weighted by molar-refractivity contribution is 9.10. The molecule has 0 bridgehead atoms. The number of carboxylic acid groups (broad SMARTS) is 1. The van der Waals surface area contributed by atoms with Gasteiger partial charge < -0.3 is 5.11 Å². The number of tetrazole rings is 1. The van der Waals surface area contributed by atoms with E-state index in [2.05, 4.69) is 36.4 Å². The molecule has 0 saturated heterocycles. The predicted molar refractivity (Wildman–Crippen MR) is 68.2 cm³/mol. The molecule has 0 atom stereocenters. The van der Waals surface area contributed by atoms with Gasteiger partial charge in [-0.05, 0) is 38.1 Å². The van der Waals surface area contributed by atoms with Crippen LogP contribution in [0.15, 0.2) is 26.9 Å². The summed E-state index contributed by atoms with van der Waals surface area (Å²) < 4.78 is 1.47. The van der Waals surface area contributed by atoms with Crippen LogP contribution in [0.4, 0.5) is 5.69 Å². The number of carboxylic acids is 1. The number of hydrogen-bond donors (Lipinski definition) is 1. The molecule has 10 nitrogen and oxygen atoms in total. The van der Waals surface area contributed by atoms with E-state index in [1.165, 1.54) is 12.3 Å². The lowest BCUT2D eigenvalue weighted by Gasteiger charge is -2.02. The van der Waals surface area contributed by atoms with E-state index in [1.807, 2.05) is 0 Å². The van der Waals surface area contributed by atoms with Crippen LogP contribution in [0.2, 0.25) is 0 Å². The second-order valence-corrected chi connectivity index (χ2v) is 5.22. The molecule has 2 rings (SSSR count). The van der Waals surface area contributed by atoms with Gasteiger partial charge in [-0.25, -0.2) is 9.67 Å². The first-order valence-corrected chi connectivity index (χ1v) is 6.54. The van der Waals surface area contributed by atoms with Gasteiger partial charge in [-0.15, -0.1) is 5.10 Å². The summed E-state index contributed by atoms with van der Waals surface area (Å²) in [7, 11) is 0. The average Bonchev–Trinajstić information content (AvgIpc) is 2.78. The van der Waals surface area contributed by atoms with E-state index in [-0.39, 0.29) is 15.9 Å². The zero-order valence-electron chi connectivity index (χ0n) is 9.50. The van der Waals surface area contributed by atoms with Gasteiger partial charge in [-0.3, -0.25) is 14.9 Å². The van der Waals surface area contributed by atoms with Crippen molar-refractivity contribution in [2.24, 2.45) is 0 Å². The average molecular weight is 361 g/mol. The Balaban J connectivity index is 2.33. The third kappa shape index (κ3) is 3.27. The summed E-state index contributed by atoms with van der Waals surface area (Å²) in [5, 5.41) is 30.3. The summed E-state index contributed by atoms with van der Waals surface area (Å²) in [6.07, 6.45) is 1.39. The molecular weight excluding hydrogens is 356 g/mol. The van der Waals surface area contributed by atoms with Crippen molar-refractivity contribution in [3.63, 3.8) is 0 Å². The molecule has 0 fully saturated rings. The minimum Gasteiger partial charge on any atom is -0.480 e. The number of nitro groups is 1. The number of halogens is 1. The summed E-state index contributed by atoms with van der Waals surface area (Å²) in [5.74, 6) is -1.13. The maximum absolute atomic E-state index is 10.9. The van der Waals surface area contributed by atoms with Crippen molar-refractivity contribution < 1.29 is 14.8 Å². The van der Waals surface area contributed by atoms with Gasteiger partial charge in [0.1, 0.15) is 6.54 Å². The number of carbonyl (C=O) groups is 1. The lowest BCUT2D eigenvalue weighted by Crippen LogP contribution is -2.11. The van der Waals surface area contributed by atoms with E-state index in [9.17, 15) is 14.9 Å². The van der Waals surface area contributed by atoms with Gasteiger partial charge in [0.05, 0.1) is 4.92 Å². The minimum atomic E-state index is -1.13. The van der Waals surface area contributed by atoms with Crippen molar-refractivity contribution in [3.05, 3.63) is 26.9 Å². The van der Waals surface area contributed by atoms with Gasteiger partial charge in [0, 0.05) is 16.7 Å². The van der Waals surface area contributed by atoms with Crippen LogP contribution in [0, 0.1) is 10.1 Å². The molecule has 104 valence electrons. The van der Waals surface area contributed by atoms with Crippen LogP contribution in [0.3, 0.4) is 0 Å².